The van der Waals surface area contributed by atoms with Gasteiger partial charge in [-0.05, 0) is 17.5 Å². The number of benzene rings is 1. The molecule has 7 heteroatoms. The minimum absolute atomic E-state index is 0.0581. The summed E-state index contributed by atoms with van der Waals surface area (Å²) in [7, 11) is 1.60. The summed E-state index contributed by atoms with van der Waals surface area (Å²) in [4.78, 5) is 17.6. The standard InChI is InChI=1S/C17H18F2N4O/c1-21(12-15-20-8-11-23(15)17(18)19)16(24)7-10-22-9-6-13-4-2-3-5-14(13)22/h2-6,8-9,11,17H,7,10,12H2,1H3. The second-order valence-corrected chi connectivity index (χ2v) is 5.60. The van der Waals surface area contributed by atoms with Crippen molar-refractivity contribution < 1.29 is 13.6 Å². The van der Waals surface area contributed by atoms with Crippen LogP contribution in [-0.4, -0.2) is 32.0 Å². The fourth-order valence-corrected chi connectivity index (χ4v) is 2.69. The number of halogens is 2. The SMILES string of the molecule is CN(Cc1nccn1C(F)F)C(=O)CCn1ccc2ccccc21. The number of aromatic nitrogens is 3. The molecule has 0 saturated heterocycles. The summed E-state index contributed by atoms with van der Waals surface area (Å²) in [6, 6.07) is 9.95. The maximum absolute atomic E-state index is 12.8. The van der Waals surface area contributed by atoms with Crippen molar-refractivity contribution in [3.63, 3.8) is 0 Å². The van der Waals surface area contributed by atoms with E-state index in [-0.39, 0.29) is 18.3 Å². The van der Waals surface area contributed by atoms with Gasteiger partial charge in [0.1, 0.15) is 5.82 Å². The number of amides is 1. The Morgan fingerprint density at radius 3 is 2.83 bits per heavy atom. The highest BCUT2D eigenvalue weighted by atomic mass is 19.3. The second kappa shape index (κ2) is 6.82. The minimum atomic E-state index is -2.66. The van der Waals surface area contributed by atoms with Crippen molar-refractivity contribution in [3.8, 4) is 0 Å². The zero-order valence-electron chi connectivity index (χ0n) is 13.3. The number of nitrogens with zero attached hydrogens (tertiary/aromatic N) is 4. The van der Waals surface area contributed by atoms with Crippen molar-refractivity contribution in [2.24, 2.45) is 0 Å². The Bertz CT molecular complexity index is 840. The second-order valence-electron chi connectivity index (χ2n) is 5.60. The van der Waals surface area contributed by atoms with Crippen LogP contribution >= 0.6 is 0 Å². The molecule has 0 spiro atoms. The molecule has 126 valence electrons. The van der Waals surface area contributed by atoms with E-state index in [4.69, 9.17) is 0 Å². The Balaban J connectivity index is 1.61. The maximum Gasteiger partial charge on any atom is 0.319 e. The van der Waals surface area contributed by atoms with E-state index in [2.05, 4.69) is 4.98 Å². The molecule has 0 bridgehead atoms. The Kier molecular flexibility index (Phi) is 4.59. The Morgan fingerprint density at radius 1 is 1.25 bits per heavy atom. The van der Waals surface area contributed by atoms with Crippen molar-refractivity contribution >= 4 is 16.8 Å². The third-order valence-corrected chi connectivity index (χ3v) is 4.01. The lowest BCUT2D eigenvalue weighted by Crippen LogP contribution is -2.28. The lowest BCUT2D eigenvalue weighted by molar-refractivity contribution is -0.130. The van der Waals surface area contributed by atoms with Gasteiger partial charge in [-0.15, -0.1) is 0 Å². The van der Waals surface area contributed by atoms with Gasteiger partial charge in [0.05, 0.1) is 6.54 Å². The molecule has 0 aliphatic heterocycles. The van der Waals surface area contributed by atoms with Gasteiger partial charge in [-0.3, -0.25) is 9.36 Å². The number of para-hydroxylation sites is 1. The molecule has 0 fully saturated rings. The average molecular weight is 332 g/mol. The first-order chi connectivity index (χ1) is 11.6. The number of hydrogen-bond acceptors (Lipinski definition) is 2. The van der Waals surface area contributed by atoms with E-state index in [1.54, 1.807) is 7.05 Å². The van der Waals surface area contributed by atoms with Crippen LogP contribution in [0.1, 0.15) is 18.8 Å². The van der Waals surface area contributed by atoms with Crippen molar-refractivity contribution in [2.45, 2.75) is 26.1 Å². The average Bonchev–Trinajstić information content (AvgIpc) is 3.19. The zero-order chi connectivity index (χ0) is 17.1. The van der Waals surface area contributed by atoms with E-state index in [1.165, 1.54) is 17.3 Å². The van der Waals surface area contributed by atoms with Crippen molar-refractivity contribution in [2.75, 3.05) is 7.05 Å². The summed E-state index contributed by atoms with van der Waals surface area (Å²) >= 11 is 0. The van der Waals surface area contributed by atoms with Crippen LogP contribution in [0.15, 0.2) is 48.9 Å². The highest BCUT2D eigenvalue weighted by Gasteiger charge is 2.16. The zero-order valence-corrected chi connectivity index (χ0v) is 13.3. The monoisotopic (exact) mass is 332 g/mol. The van der Waals surface area contributed by atoms with Crippen molar-refractivity contribution in [1.82, 2.24) is 19.0 Å². The molecule has 2 heterocycles. The third-order valence-electron chi connectivity index (χ3n) is 4.01. The molecule has 2 aromatic heterocycles. The Morgan fingerprint density at radius 2 is 2.04 bits per heavy atom. The van der Waals surface area contributed by atoms with Crippen molar-refractivity contribution in [3.05, 3.63) is 54.7 Å². The largest absolute Gasteiger partial charge is 0.347 e. The maximum atomic E-state index is 12.8. The van der Waals surface area contributed by atoms with Gasteiger partial charge < -0.3 is 9.47 Å². The van der Waals surface area contributed by atoms with E-state index in [0.29, 0.717) is 13.0 Å². The van der Waals surface area contributed by atoms with Crippen LogP contribution in [0.3, 0.4) is 0 Å². The van der Waals surface area contributed by atoms with Crippen LogP contribution < -0.4 is 0 Å². The van der Waals surface area contributed by atoms with E-state index in [1.807, 2.05) is 41.1 Å². The molecule has 0 unspecified atom stereocenters. The summed E-state index contributed by atoms with van der Waals surface area (Å²) in [5.41, 5.74) is 1.07. The summed E-state index contributed by atoms with van der Waals surface area (Å²) < 4.78 is 28.4. The number of rotatable bonds is 6. The molecule has 3 aromatic rings. The van der Waals surface area contributed by atoms with E-state index in [0.717, 1.165) is 15.5 Å². The molecular formula is C17H18F2N4O. The number of aryl methyl sites for hydroxylation is 1. The Labute approximate surface area is 138 Å². The van der Waals surface area contributed by atoms with Crippen LogP contribution in [0.5, 0.6) is 0 Å². The van der Waals surface area contributed by atoms with Gasteiger partial charge in [-0.2, -0.15) is 8.78 Å². The molecule has 1 amide bonds. The highest BCUT2D eigenvalue weighted by molar-refractivity contribution is 5.80. The van der Waals surface area contributed by atoms with Gasteiger partial charge >= 0.3 is 6.55 Å². The van der Waals surface area contributed by atoms with Crippen LogP contribution in [0.25, 0.3) is 10.9 Å². The topological polar surface area (TPSA) is 43.1 Å². The molecule has 0 aliphatic carbocycles. The number of alkyl halides is 2. The number of carbonyl (C=O) groups is 1. The normalized spacial score (nSPS) is 11.3. The van der Waals surface area contributed by atoms with Crippen molar-refractivity contribution in [1.29, 1.82) is 0 Å². The molecule has 0 aliphatic rings. The molecule has 0 saturated carbocycles. The van der Waals surface area contributed by atoms with Crippen LogP contribution in [-0.2, 0) is 17.9 Å². The van der Waals surface area contributed by atoms with E-state index < -0.39 is 6.55 Å². The van der Waals surface area contributed by atoms with Gasteiger partial charge in [-0.1, -0.05) is 18.2 Å². The van der Waals surface area contributed by atoms with Gasteiger partial charge in [0.15, 0.2) is 0 Å². The molecular weight excluding hydrogens is 314 g/mol. The fourth-order valence-electron chi connectivity index (χ4n) is 2.69. The first-order valence-electron chi connectivity index (χ1n) is 7.64. The Hall–Kier alpha value is -2.70. The van der Waals surface area contributed by atoms with Gasteiger partial charge in [0, 0.05) is 44.1 Å². The van der Waals surface area contributed by atoms with Gasteiger partial charge in [0.25, 0.3) is 0 Å². The quantitative estimate of drug-likeness (QED) is 0.695. The third kappa shape index (κ3) is 3.29. The van der Waals surface area contributed by atoms with Crippen LogP contribution in [0, 0.1) is 0 Å². The highest BCUT2D eigenvalue weighted by Crippen LogP contribution is 2.16. The first kappa shape index (κ1) is 16.2. The molecule has 1 aromatic carbocycles. The molecule has 5 nitrogen and oxygen atoms in total. The lowest BCUT2D eigenvalue weighted by Gasteiger charge is -2.18. The van der Waals surface area contributed by atoms with Crippen LogP contribution in [0.4, 0.5) is 8.78 Å². The molecule has 24 heavy (non-hydrogen) atoms. The predicted molar refractivity (Wildman–Crippen MR) is 86.5 cm³/mol. The number of fused-ring (bicyclic) bond motifs is 1. The van der Waals surface area contributed by atoms with Gasteiger partial charge in [0.2, 0.25) is 5.91 Å². The number of imidazole rings is 1. The summed E-state index contributed by atoms with van der Waals surface area (Å²) in [5, 5.41) is 1.12. The van der Waals surface area contributed by atoms with Gasteiger partial charge in [-0.25, -0.2) is 4.98 Å². The predicted octanol–water partition coefficient (Wildman–Crippen LogP) is 3.28. The first-order valence-corrected chi connectivity index (χ1v) is 7.64. The van der Waals surface area contributed by atoms with Crippen LogP contribution in [0.2, 0.25) is 0 Å². The summed E-state index contributed by atoms with van der Waals surface area (Å²) in [6.45, 7) is -2.06. The minimum Gasteiger partial charge on any atom is -0.347 e. The van der Waals surface area contributed by atoms with E-state index in [9.17, 15) is 13.6 Å². The smallest absolute Gasteiger partial charge is 0.319 e. The molecule has 0 N–H and O–H groups in total. The molecule has 0 radical (unpaired) electrons. The number of carbonyl (C=O) groups excluding carboxylic acids is 1. The molecule has 3 rings (SSSR count). The van der Waals surface area contributed by atoms with E-state index >= 15 is 0 Å². The lowest BCUT2D eigenvalue weighted by atomic mass is 10.2. The molecule has 0 atom stereocenters. The summed E-state index contributed by atoms with van der Waals surface area (Å²) in [6.07, 6.45) is 4.77. The number of hydrogen-bond donors (Lipinski definition) is 0. The fraction of sp³-hybridized carbons (Fsp3) is 0.294. The summed E-state index contributed by atoms with van der Waals surface area (Å²) in [5.74, 6) is 0.0591.